The van der Waals surface area contributed by atoms with Crippen LogP contribution >= 0.6 is 0 Å². The molecule has 3 fully saturated rings. The maximum absolute atomic E-state index is 13.8. The van der Waals surface area contributed by atoms with Crippen molar-refractivity contribution in [3.05, 3.63) is 36.7 Å². The Morgan fingerprint density at radius 3 is 2.70 bits per heavy atom. The van der Waals surface area contributed by atoms with Crippen molar-refractivity contribution in [2.24, 2.45) is 5.92 Å². The first-order valence-electron chi connectivity index (χ1n) is 10.5. The molecule has 8 heteroatoms. The number of ether oxygens (including phenoxy) is 1. The maximum Gasteiger partial charge on any atom is 0.410 e. The van der Waals surface area contributed by atoms with E-state index in [9.17, 15) is 13.2 Å². The first-order chi connectivity index (χ1) is 14.1. The Balaban J connectivity index is 1.51. The van der Waals surface area contributed by atoms with Crippen molar-refractivity contribution in [3.8, 4) is 0 Å². The molecule has 5 rings (SSSR count). The number of pyridine rings is 1. The summed E-state index contributed by atoms with van der Waals surface area (Å²) in [5, 5.41) is 1.49. The smallest absolute Gasteiger partial charge is 0.410 e. The van der Waals surface area contributed by atoms with Crippen molar-refractivity contribution in [1.82, 2.24) is 14.2 Å². The zero-order valence-electron chi connectivity index (χ0n) is 17.5. The SMILES string of the molecule is CC(C)(C)OC(=O)N1CCC2CN(S(=O)(=O)c3cccc4cnccc34)C3(CC3)C21. The van der Waals surface area contributed by atoms with E-state index in [0.29, 0.717) is 23.4 Å². The third-order valence-electron chi connectivity index (χ3n) is 6.57. The molecule has 1 aliphatic carbocycles. The van der Waals surface area contributed by atoms with Gasteiger partial charge in [-0.25, -0.2) is 13.2 Å². The van der Waals surface area contributed by atoms with E-state index in [-0.39, 0.29) is 18.1 Å². The zero-order valence-corrected chi connectivity index (χ0v) is 18.4. The summed E-state index contributed by atoms with van der Waals surface area (Å²) >= 11 is 0. The number of aromatic nitrogens is 1. The molecule has 3 aliphatic rings. The lowest BCUT2D eigenvalue weighted by molar-refractivity contribution is 0.0178. The average molecular weight is 430 g/mol. The predicted molar refractivity (Wildman–Crippen MR) is 112 cm³/mol. The number of nitrogens with zero attached hydrogens (tertiary/aromatic N) is 3. The third-order valence-corrected chi connectivity index (χ3v) is 8.57. The molecule has 1 spiro atoms. The van der Waals surface area contributed by atoms with Gasteiger partial charge in [-0.05, 0) is 58.1 Å². The Morgan fingerprint density at radius 1 is 1.23 bits per heavy atom. The molecule has 7 nitrogen and oxygen atoms in total. The maximum atomic E-state index is 13.8. The number of hydrogen-bond acceptors (Lipinski definition) is 5. The molecule has 2 atom stereocenters. The van der Waals surface area contributed by atoms with E-state index >= 15 is 0 Å². The van der Waals surface area contributed by atoms with Crippen LogP contribution in [0.2, 0.25) is 0 Å². The molecular formula is C22H27N3O4S. The van der Waals surface area contributed by atoms with Crippen LogP contribution < -0.4 is 0 Å². The van der Waals surface area contributed by atoms with Crippen LogP contribution in [0, 0.1) is 5.92 Å². The van der Waals surface area contributed by atoms with Gasteiger partial charge < -0.3 is 9.64 Å². The number of carbonyl (C=O) groups excluding carboxylic acids is 1. The Morgan fingerprint density at radius 2 is 2.00 bits per heavy atom. The second-order valence-corrected chi connectivity index (χ2v) is 11.5. The van der Waals surface area contributed by atoms with Gasteiger partial charge in [0.25, 0.3) is 0 Å². The number of hydrogen-bond donors (Lipinski definition) is 0. The van der Waals surface area contributed by atoms with Gasteiger partial charge in [-0.3, -0.25) is 4.98 Å². The summed E-state index contributed by atoms with van der Waals surface area (Å²) in [7, 11) is -3.71. The van der Waals surface area contributed by atoms with E-state index in [0.717, 1.165) is 24.6 Å². The molecule has 0 bridgehead atoms. The van der Waals surface area contributed by atoms with E-state index in [1.54, 1.807) is 39.8 Å². The van der Waals surface area contributed by atoms with E-state index in [1.165, 1.54) is 0 Å². The molecule has 160 valence electrons. The number of benzene rings is 1. The van der Waals surface area contributed by atoms with E-state index in [2.05, 4.69) is 4.98 Å². The Kier molecular flexibility index (Phi) is 4.22. The van der Waals surface area contributed by atoms with Crippen LogP contribution in [0.25, 0.3) is 10.8 Å². The van der Waals surface area contributed by atoms with Crippen LogP contribution in [-0.2, 0) is 14.8 Å². The van der Waals surface area contributed by atoms with Crippen LogP contribution in [0.1, 0.15) is 40.0 Å². The molecule has 0 N–H and O–H groups in total. The molecule has 3 heterocycles. The van der Waals surface area contributed by atoms with Crippen LogP contribution in [-0.4, -0.2) is 59.0 Å². The molecule has 2 aromatic rings. The van der Waals surface area contributed by atoms with Gasteiger partial charge in [0.2, 0.25) is 10.0 Å². The third kappa shape index (κ3) is 2.92. The summed E-state index contributed by atoms with van der Waals surface area (Å²) in [5.74, 6) is 0.145. The summed E-state index contributed by atoms with van der Waals surface area (Å²) in [6.45, 7) is 6.64. The van der Waals surface area contributed by atoms with Crippen molar-refractivity contribution in [2.45, 2.75) is 62.1 Å². The van der Waals surface area contributed by atoms with Crippen molar-refractivity contribution < 1.29 is 17.9 Å². The van der Waals surface area contributed by atoms with Crippen LogP contribution in [0.15, 0.2) is 41.6 Å². The minimum Gasteiger partial charge on any atom is -0.444 e. The summed E-state index contributed by atoms with van der Waals surface area (Å²) in [4.78, 5) is 19.1. The zero-order chi connectivity index (χ0) is 21.3. The van der Waals surface area contributed by atoms with Crippen LogP contribution in [0.3, 0.4) is 0 Å². The Hall–Kier alpha value is -2.19. The number of rotatable bonds is 2. The van der Waals surface area contributed by atoms with Gasteiger partial charge in [-0.2, -0.15) is 4.31 Å². The highest BCUT2D eigenvalue weighted by Gasteiger charge is 2.68. The lowest BCUT2D eigenvalue weighted by Crippen LogP contribution is -2.50. The van der Waals surface area contributed by atoms with Gasteiger partial charge in [0, 0.05) is 36.3 Å². The standard InChI is InChI=1S/C22H27N3O4S/c1-21(2,3)29-20(26)24-12-8-16-14-25(22(9-10-22)19(16)24)30(27,28)18-6-4-5-15-13-23-11-7-17(15)18/h4-7,11,13,16,19H,8-10,12,14H2,1-3H3. The largest absolute Gasteiger partial charge is 0.444 e. The lowest BCUT2D eigenvalue weighted by atomic mass is 9.98. The Labute approximate surface area is 177 Å². The van der Waals surface area contributed by atoms with E-state index in [4.69, 9.17) is 4.74 Å². The van der Waals surface area contributed by atoms with Gasteiger partial charge in [-0.15, -0.1) is 0 Å². The summed E-state index contributed by atoms with van der Waals surface area (Å²) < 4.78 is 34.9. The van der Waals surface area contributed by atoms with Crippen molar-refractivity contribution in [1.29, 1.82) is 0 Å². The van der Waals surface area contributed by atoms with Crippen molar-refractivity contribution in [3.63, 3.8) is 0 Å². The minimum absolute atomic E-state index is 0.112. The van der Waals surface area contributed by atoms with Gasteiger partial charge in [0.05, 0.1) is 16.5 Å². The molecule has 2 unspecified atom stereocenters. The minimum atomic E-state index is -3.71. The molecule has 2 aliphatic heterocycles. The highest BCUT2D eigenvalue weighted by Crippen LogP contribution is 2.58. The number of likely N-dealkylation sites (tertiary alicyclic amines) is 1. The molecule has 30 heavy (non-hydrogen) atoms. The number of carbonyl (C=O) groups is 1. The fourth-order valence-corrected chi connectivity index (χ4v) is 7.40. The molecule has 1 saturated carbocycles. The van der Waals surface area contributed by atoms with Crippen molar-refractivity contribution in [2.75, 3.05) is 13.1 Å². The van der Waals surface area contributed by atoms with Gasteiger partial charge in [0.15, 0.2) is 0 Å². The second kappa shape index (κ2) is 6.40. The number of sulfonamides is 1. The van der Waals surface area contributed by atoms with Gasteiger partial charge >= 0.3 is 6.09 Å². The summed E-state index contributed by atoms with van der Waals surface area (Å²) in [6.07, 6.45) is 5.33. The topological polar surface area (TPSA) is 79.8 Å². The van der Waals surface area contributed by atoms with E-state index in [1.807, 2.05) is 26.8 Å². The average Bonchev–Trinajstić information content (AvgIpc) is 3.23. The second-order valence-electron chi connectivity index (χ2n) is 9.66. The monoisotopic (exact) mass is 429 g/mol. The van der Waals surface area contributed by atoms with Crippen LogP contribution in [0.5, 0.6) is 0 Å². The van der Waals surface area contributed by atoms with Crippen LogP contribution in [0.4, 0.5) is 4.79 Å². The molecule has 0 radical (unpaired) electrons. The fourth-order valence-electron chi connectivity index (χ4n) is 5.29. The molecule has 1 aromatic heterocycles. The normalized spacial score (nSPS) is 25.6. The van der Waals surface area contributed by atoms with Gasteiger partial charge in [-0.1, -0.05) is 12.1 Å². The molecular weight excluding hydrogens is 402 g/mol. The van der Waals surface area contributed by atoms with Crippen molar-refractivity contribution >= 4 is 26.9 Å². The number of fused-ring (bicyclic) bond motifs is 3. The highest BCUT2D eigenvalue weighted by atomic mass is 32.2. The summed E-state index contributed by atoms with van der Waals surface area (Å²) in [6, 6.07) is 6.95. The summed E-state index contributed by atoms with van der Waals surface area (Å²) in [5.41, 5.74) is -1.08. The number of amides is 1. The Bertz CT molecular complexity index is 1120. The fraction of sp³-hybridized carbons (Fsp3) is 0.545. The molecule has 2 saturated heterocycles. The highest BCUT2D eigenvalue weighted by molar-refractivity contribution is 7.89. The molecule has 1 aromatic carbocycles. The first-order valence-corrected chi connectivity index (χ1v) is 11.9. The molecule has 1 amide bonds. The first kappa shape index (κ1) is 19.8. The predicted octanol–water partition coefficient (Wildman–Crippen LogP) is 3.40. The van der Waals surface area contributed by atoms with Gasteiger partial charge in [0.1, 0.15) is 5.60 Å². The quantitative estimate of drug-likeness (QED) is 0.731. The lowest BCUT2D eigenvalue weighted by Gasteiger charge is -2.34. The van der Waals surface area contributed by atoms with E-state index < -0.39 is 21.2 Å².